The lowest BCUT2D eigenvalue weighted by Crippen LogP contribution is -2.29. The molecule has 0 unspecified atom stereocenters. The van der Waals surface area contributed by atoms with E-state index in [-0.39, 0.29) is 11.4 Å². The first-order valence-corrected chi connectivity index (χ1v) is 7.20. The lowest BCUT2D eigenvalue weighted by atomic mass is 10.0. The second kappa shape index (κ2) is 5.06. The summed E-state index contributed by atoms with van der Waals surface area (Å²) < 4.78 is 1.10. The average Bonchev–Trinajstić information content (AvgIpc) is 2.94. The van der Waals surface area contributed by atoms with Gasteiger partial charge in [0.15, 0.2) is 0 Å². The Morgan fingerprint density at radius 1 is 1.19 bits per heavy atom. The van der Waals surface area contributed by atoms with Crippen LogP contribution in [0.1, 0.15) is 5.56 Å². The Hall–Kier alpha value is -2.60. The van der Waals surface area contributed by atoms with Crippen molar-refractivity contribution < 1.29 is 5.11 Å². The SMILES string of the molecule is Cc1ccccc1-c1c(O)n(-c2ccsc2)c(=O)[nH]c1=O. The van der Waals surface area contributed by atoms with Gasteiger partial charge in [-0.3, -0.25) is 9.78 Å². The zero-order valence-electron chi connectivity index (χ0n) is 11.2. The first-order valence-electron chi connectivity index (χ1n) is 6.26. The van der Waals surface area contributed by atoms with Crippen LogP contribution >= 0.6 is 11.3 Å². The third-order valence-electron chi connectivity index (χ3n) is 3.26. The predicted molar refractivity (Wildman–Crippen MR) is 82.4 cm³/mol. The average molecular weight is 300 g/mol. The van der Waals surface area contributed by atoms with Gasteiger partial charge >= 0.3 is 5.69 Å². The molecule has 3 aromatic rings. The van der Waals surface area contributed by atoms with E-state index in [1.807, 2.05) is 19.1 Å². The number of aromatic hydroxyl groups is 1. The summed E-state index contributed by atoms with van der Waals surface area (Å²) in [5.74, 6) is -0.351. The quantitative estimate of drug-likeness (QED) is 0.762. The van der Waals surface area contributed by atoms with Crippen LogP contribution in [0, 0.1) is 6.92 Å². The van der Waals surface area contributed by atoms with E-state index in [0.717, 1.165) is 10.1 Å². The van der Waals surface area contributed by atoms with E-state index in [4.69, 9.17) is 0 Å². The first kappa shape index (κ1) is 13.4. The smallest absolute Gasteiger partial charge is 0.335 e. The standard InChI is InChI=1S/C15H12N2O3S/c1-9-4-2-3-5-11(9)12-13(18)16-15(20)17(14(12)19)10-6-7-21-8-10/h2-8,19H,1H3,(H,16,18,20). The molecule has 0 radical (unpaired) electrons. The number of nitrogens with one attached hydrogen (secondary N) is 1. The molecule has 0 aliphatic carbocycles. The third kappa shape index (κ3) is 2.19. The molecule has 2 heterocycles. The fourth-order valence-electron chi connectivity index (χ4n) is 2.25. The molecule has 106 valence electrons. The normalized spacial score (nSPS) is 10.7. The molecule has 0 saturated carbocycles. The number of H-pyrrole nitrogens is 1. The highest BCUT2D eigenvalue weighted by Crippen LogP contribution is 2.28. The minimum absolute atomic E-state index is 0.0962. The van der Waals surface area contributed by atoms with Gasteiger partial charge in [0.05, 0.1) is 5.69 Å². The highest BCUT2D eigenvalue weighted by Gasteiger charge is 2.18. The van der Waals surface area contributed by atoms with E-state index in [9.17, 15) is 14.7 Å². The summed E-state index contributed by atoms with van der Waals surface area (Å²) in [5.41, 5.74) is 0.799. The van der Waals surface area contributed by atoms with E-state index in [1.165, 1.54) is 11.3 Å². The molecule has 0 fully saturated rings. The zero-order valence-corrected chi connectivity index (χ0v) is 12.0. The van der Waals surface area contributed by atoms with Gasteiger partial charge in [0.2, 0.25) is 5.88 Å². The Bertz CT molecular complexity index is 907. The number of thiophene rings is 1. The number of aryl methyl sites for hydroxylation is 1. The molecular formula is C15H12N2O3S. The monoisotopic (exact) mass is 300 g/mol. The fourth-order valence-corrected chi connectivity index (χ4v) is 2.87. The summed E-state index contributed by atoms with van der Waals surface area (Å²) >= 11 is 1.40. The van der Waals surface area contributed by atoms with Gasteiger partial charge in [0.25, 0.3) is 5.56 Å². The molecular weight excluding hydrogens is 288 g/mol. The largest absolute Gasteiger partial charge is 0.494 e. The van der Waals surface area contributed by atoms with Crippen molar-refractivity contribution in [1.82, 2.24) is 9.55 Å². The maximum Gasteiger partial charge on any atom is 0.335 e. The number of aromatic amines is 1. The number of aromatic nitrogens is 2. The van der Waals surface area contributed by atoms with Crippen molar-refractivity contribution in [1.29, 1.82) is 0 Å². The van der Waals surface area contributed by atoms with Crippen molar-refractivity contribution in [2.24, 2.45) is 0 Å². The van der Waals surface area contributed by atoms with Crippen LogP contribution in [0.2, 0.25) is 0 Å². The summed E-state index contributed by atoms with van der Waals surface area (Å²) in [4.78, 5) is 26.3. The Morgan fingerprint density at radius 3 is 2.62 bits per heavy atom. The first-order chi connectivity index (χ1) is 10.1. The Morgan fingerprint density at radius 2 is 1.95 bits per heavy atom. The highest BCUT2D eigenvalue weighted by molar-refractivity contribution is 7.08. The summed E-state index contributed by atoms with van der Waals surface area (Å²) in [6.07, 6.45) is 0. The van der Waals surface area contributed by atoms with Gasteiger partial charge in [-0.2, -0.15) is 11.3 Å². The summed E-state index contributed by atoms with van der Waals surface area (Å²) in [7, 11) is 0. The number of nitrogens with zero attached hydrogens (tertiary/aromatic N) is 1. The van der Waals surface area contributed by atoms with Crippen LogP contribution in [0.3, 0.4) is 0 Å². The predicted octanol–water partition coefficient (Wildman–Crippen LogP) is 2.27. The number of hydrogen-bond donors (Lipinski definition) is 2. The molecule has 21 heavy (non-hydrogen) atoms. The zero-order chi connectivity index (χ0) is 15.0. The number of hydrogen-bond acceptors (Lipinski definition) is 4. The minimum Gasteiger partial charge on any atom is -0.494 e. The minimum atomic E-state index is -0.659. The van der Waals surface area contributed by atoms with Gasteiger partial charge in [0, 0.05) is 5.38 Å². The van der Waals surface area contributed by atoms with Crippen molar-refractivity contribution in [3.8, 4) is 22.7 Å². The van der Waals surface area contributed by atoms with Gasteiger partial charge in [-0.25, -0.2) is 9.36 Å². The van der Waals surface area contributed by atoms with E-state index in [0.29, 0.717) is 11.3 Å². The van der Waals surface area contributed by atoms with Crippen LogP contribution < -0.4 is 11.2 Å². The molecule has 0 amide bonds. The molecule has 2 aromatic heterocycles. The Labute approximate surface area is 123 Å². The summed E-state index contributed by atoms with van der Waals surface area (Å²) in [6, 6.07) is 8.91. The van der Waals surface area contributed by atoms with Crippen LogP contribution in [0.5, 0.6) is 5.88 Å². The number of rotatable bonds is 2. The molecule has 2 N–H and O–H groups in total. The van der Waals surface area contributed by atoms with Gasteiger partial charge in [-0.05, 0) is 29.5 Å². The van der Waals surface area contributed by atoms with E-state index in [2.05, 4.69) is 4.98 Å². The highest BCUT2D eigenvalue weighted by atomic mass is 32.1. The molecule has 0 saturated heterocycles. The maximum absolute atomic E-state index is 12.1. The van der Waals surface area contributed by atoms with Crippen LogP contribution in [-0.4, -0.2) is 14.7 Å². The van der Waals surface area contributed by atoms with Crippen LogP contribution in [-0.2, 0) is 0 Å². The lowest BCUT2D eigenvalue weighted by molar-refractivity contribution is 0.434. The molecule has 0 aliphatic rings. The van der Waals surface area contributed by atoms with Gasteiger partial charge in [0.1, 0.15) is 5.56 Å². The van der Waals surface area contributed by atoms with Crippen LogP contribution in [0.25, 0.3) is 16.8 Å². The van der Waals surface area contributed by atoms with Crippen molar-refractivity contribution >= 4 is 11.3 Å². The molecule has 6 heteroatoms. The van der Waals surface area contributed by atoms with Gasteiger partial charge in [-0.15, -0.1) is 0 Å². The number of benzene rings is 1. The van der Waals surface area contributed by atoms with E-state index >= 15 is 0 Å². The van der Waals surface area contributed by atoms with Crippen molar-refractivity contribution in [2.45, 2.75) is 6.92 Å². The molecule has 0 atom stereocenters. The summed E-state index contributed by atoms with van der Waals surface area (Å²) in [6.45, 7) is 1.84. The van der Waals surface area contributed by atoms with Gasteiger partial charge in [-0.1, -0.05) is 24.3 Å². The summed E-state index contributed by atoms with van der Waals surface area (Å²) in [5, 5.41) is 14.0. The fraction of sp³-hybridized carbons (Fsp3) is 0.0667. The lowest BCUT2D eigenvalue weighted by Gasteiger charge is -2.11. The maximum atomic E-state index is 12.1. The Kier molecular flexibility index (Phi) is 3.23. The van der Waals surface area contributed by atoms with Crippen molar-refractivity contribution in [3.05, 3.63) is 67.5 Å². The van der Waals surface area contributed by atoms with Crippen molar-refractivity contribution in [2.75, 3.05) is 0 Å². The van der Waals surface area contributed by atoms with E-state index < -0.39 is 11.2 Å². The van der Waals surface area contributed by atoms with Crippen LogP contribution in [0.15, 0.2) is 50.7 Å². The molecule has 5 nitrogen and oxygen atoms in total. The Balaban J connectivity index is 2.38. The molecule has 1 aromatic carbocycles. The third-order valence-corrected chi connectivity index (χ3v) is 3.94. The molecule has 3 rings (SSSR count). The van der Waals surface area contributed by atoms with Crippen molar-refractivity contribution in [3.63, 3.8) is 0 Å². The molecule has 0 aliphatic heterocycles. The van der Waals surface area contributed by atoms with Crippen LogP contribution in [0.4, 0.5) is 0 Å². The molecule has 0 bridgehead atoms. The topological polar surface area (TPSA) is 75.1 Å². The van der Waals surface area contributed by atoms with E-state index in [1.54, 1.807) is 29.0 Å². The second-order valence-corrected chi connectivity index (χ2v) is 5.37. The second-order valence-electron chi connectivity index (χ2n) is 4.59. The molecule has 0 spiro atoms. The van der Waals surface area contributed by atoms with Gasteiger partial charge < -0.3 is 5.11 Å².